The number of esters is 1. The number of nitrogens with one attached hydrogen (secondary N) is 2. The van der Waals surface area contributed by atoms with Gasteiger partial charge < -0.3 is 19.5 Å². The van der Waals surface area contributed by atoms with E-state index >= 15 is 0 Å². The van der Waals surface area contributed by atoms with Crippen molar-refractivity contribution < 1.29 is 23.8 Å². The Morgan fingerprint density at radius 2 is 2.09 bits per heavy atom. The number of anilines is 2. The largest absolute Gasteiger partial charge is 0.463 e. The summed E-state index contributed by atoms with van der Waals surface area (Å²) in [6, 6.07) is 4.49. The third kappa shape index (κ3) is 2.91. The van der Waals surface area contributed by atoms with E-state index in [1.807, 2.05) is 0 Å². The zero-order valence-electron chi connectivity index (χ0n) is 11.3. The maximum Gasteiger partial charge on any atom is 0.377 e. The van der Waals surface area contributed by atoms with Gasteiger partial charge in [0.15, 0.2) is 11.5 Å². The topological polar surface area (TPSA) is 112 Å². The van der Waals surface area contributed by atoms with E-state index in [9.17, 15) is 9.59 Å². The van der Waals surface area contributed by atoms with Crippen molar-refractivity contribution in [1.82, 2.24) is 9.36 Å². The summed E-state index contributed by atoms with van der Waals surface area (Å²) in [7, 11) is 1.23. The van der Waals surface area contributed by atoms with E-state index in [1.165, 1.54) is 7.11 Å². The Morgan fingerprint density at radius 3 is 2.91 bits per heavy atom. The van der Waals surface area contributed by atoms with Gasteiger partial charge >= 0.3 is 12.0 Å². The maximum absolute atomic E-state index is 11.9. The lowest BCUT2D eigenvalue weighted by Gasteiger charge is -2.05. The molecule has 2 N–H and O–H groups in total. The third-order valence-electron chi connectivity index (χ3n) is 2.64. The molecule has 2 heterocycles. The number of hydrogen-bond acceptors (Lipinski definition) is 8. The summed E-state index contributed by atoms with van der Waals surface area (Å²) >= 11 is 0.874. The Hall–Kier alpha value is -2.88. The van der Waals surface area contributed by atoms with Crippen LogP contribution in [0.4, 0.5) is 15.6 Å². The number of fused-ring (bicyclic) bond motifs is 1. The van der Waals surface area contributed by atoms with Crippen LogP contribution in [0, 0.1) is 0 Å². The van der Waals surface area contributed by atoms with Crippen LogP contribution in [0.3, 0.4) is 0 Å². The summed E-state index contributed by atoms with van der Waals surface area (Å²) in [5.74, 6) is 0.408. The van der Waals surface area contributed by atoms with E-state index < -0.39 is 12.0 Å². The quantitative estimate of drug-likeness (QED) is 0.827. The van der Waals surface area contributed by atoms with Gasteiger partial charge in [-0.2, -0.15) is 9.36 Å². The number of methoxy groups -OCH3 is 1. The van der Waals surface area contributed by atoms with Crippen molar-refractivity contribution in [3.63, 3.8) is 0 Å². The van der Waals surface area contributed by atoms with Gasteiger partial charge in [-0.3, -0.25) is 5.32 Å². The molecule has 1 aromatic heterocycles. The minimum atomic E-state index is -0.666. The number of urea groups is 1. The molecule has 1 aromatic carbocycles. The molecule has 22 heavy (non-hydrogen) atoms. The van der Waals surface area contributed by atoms with Crippen LogP contribution >= 0.6 is 11.5 Å². The molecule has 1 aliphatic heterocycles. The predicted molar refractivity (Wildman–Crippen MR) is 76.5 cm³/mol. The van der Waals surface area contributed by atoms with Crippen molar-refractivity contribution in [3.8, 4) is 11.5 Å². The number of nitrogens with zero attached hydrogens (tertiary/aromatic N) is 2. The second-order valence-corrected chi connectivity index (χ2v) is 4.81. The van der Waals surface area contributed by atoms with Gasteiger partial charge in [-0.15, -0.1) is 0 Å². The lowest BCUT2D eigenvalue weighted by molar-refractivity contribution is 0.0588. The van der Waals surface area contributed by atoms with Gasteiger partial charge in [0, 0.05) is 23.3 Å². The van der Waals surface area contributed by atoms with Crippen LogP contribution in [0.5, 0.6) is 11.5 Å². The molecule has 10 heteroatoms. The number of amides is 2. The van der Waals surface area contributed by atoms with E-state index in [0.717, 1.165) is 11.5 Å². The van der Waals surface area contributed by atoms with E-state index in [2.05, 4.69) is 24.7 Å². The van der Waals surface area contributed by atoms with E-state index in [0.29, 0.717) is 17.2 Å². The minimum absolute atomic E-state index is 0.106. The number of carbonyl (C=O) groups is 2. The molecule has 0 saturated heterocycles. The second-order valence-electron chi connectivity index (χ2n) is 4.06. The molecule has 2 aromatic rings. The number of aromatic nitrogens is 2. The molecule has 0 radical (unpaired) electrons. The highest BCUT2D eigenvalue weighted by Crippen LogP contribution is 2.34. The van der Waals surface area contributed by atoms with Crippen molar-refractivity contribution in [3.05, 3.63) is 24.0 Å². The first-order chi connectivity index (χ1) is 10.7. The molecule has 0 bridgehead atoms. The average molecular weight is 322 g/mol. The molecule has 3 rings (SSSR count). The molecule has 2 amide bonds. The number of hydrogen-bond donors (Lipinski definition) is 2. The molecule has 114 valence electrons. The summed E-state index contributed by atoms with van der Waals surface area (Å²) < 4.78 is 18.6. The number of rotatable bonds is 3. The summed E-state index contributed by atoms with van der Waals surface area (Å²) in [5, 5.41) is 5.26. The summed E-state index contributed by atoms with van der Waals surface area (Å²) in [6.45, 7) is 0.159. The van der Waals surface area contributed by atoms with E-state index in [4.69, 9.17) is 9.47 Å². The van der Waals surface area contributed by atoms with Crippen LogP contribution in [0.1, 0.15) is 10.6 Å². The monoisotopic (exact) mass is 322 g/mol. The highest BCUT2D eigenvalue weighted by Gasteiger charge is 2.16. The molecule has 0 atom stereocenters. The minimum Gasteiger partial charge on any atom is -0.463 e. The predicted octanol–water partition coefficient (Wildman–Crippen LogP) is 1.70. The lowest BCUT2D eigenvalue weighted by atomic mass is 10.3. The Morgan fingerprint density at radius 1 is 1.27 bits per heavy atom. The van der Waals surface area contributed by atoms with Crippen molar-refractivity contribution in [1.29, 1.82) is 0 Å². The van der Waals surface area contributed by atoms with Crippen LogP contribution in [0.2, 0.25) is 0 Å². The molecular formula is C12H10N4O5S. The van der Waals surface area contributed by atoms with Gasteiger partial charge in [0.05, 0.1) is 7.11 Å². The van der Waals surface area contributed by atoms with Crippen LogP contribution < -0.4 is 20.1 Å². The standard InChI is InChI=1S/C12H10N4O5S/c1-19-10(17)9-14-12(22-16-9)15-11(18)13-6-2-3-7-8(4-6)21-5-20-7/h2-4H,5H2,1H3,(H2,13,14,15,16,18). The fraction of sp³-hybridized carbons (Fsp3) is 0.167. The van der Waals surface area contributed by atoms with Crippen molar-refractivity contribution >= 4 is 34.4 Å². The van der Waals surface area contributed by atoms with Gasteiger partial charge in [0.25, 0.3) is 5.82 Å². The molecule has 0 aliphatic carbocycles. The van der Waals surface area contributed by atoms with Crippen LogP contribution in [-0.2, 0) is 4.74 Å². The zero-order valence-corrected chi connectivity index (χ0v) is 12.1. The van der Waals surface area contributed by atoms with Gasteiger partial charge in [-0.1, -0.05) is 0 Å². The van der Waals surface area contributed by atoms with Gasteiger partial charge in [-0.25, -0.2) is 9.59 Å². The number of carbonyl (C=O) groups excluding carboxylic acids is 2. The zero-order chi connectivity index (χ0) is 15.5. The average Bonchev–Trinajstić information content (AvgIpc) is 3.14. The van der Waals surface area contributed by atoms with Gasteiger partial charge in [0.2, 0.25) is 11.9 Å². The van der Waals surface area contributed by atoms with Crippen molar-refractivity contribution in [2.75, 3.05) is 24.5 Å². The highest BCUT2D eigenvalue weighted by atomic mass is 32.1. The summed E-state index contributed by atoms with van der Waals surface area (Å²) in [4.78, 5) is 26.9. The van der Waals surface area contributed by atoms with Crippen LogP contribution in [0.25, 0.3) is 0 Å². The summed E-state index contributed by atoms with van der Waals surface area (Å²) in [6.07, 6.45) is 0. The van der Waals surface area contributed by atoms with E-state index in [-0.39, 0.29) is 17.7 Å². The first-order valence-corrected chi connectivity index (χ1v) is 6.83. The maximum atomic E-state index is 11.9. The molecule has 1 aliphatic rings. The SMILES string of the molecule is COC(=O)c1nsc(NC(=O)Nc2ccc3c(c2)OCO3)n1. The van der Waals surface area contributed by atoms with Gasteiger partial charge in [0.1, 0.15) is 0 Å². The lowest BCUT2D eigenvalue weighted by Crippen LogP contribution is -2.19. The molecule has 0 fully saturated rings. The normalized spacial score (nSPS) is 11.9. The van der Waals surface area contributed by atoms with Crippen LogP contribution in [0.15, 0.2) is 18.2 Å². The second kappa shape index (κ2) is 5.85. The first kappa shape index (κ1) is 14.1. The first-order valence-electron chi connectivity index (χ1n) is 6.05. The molecule has 0 spiro atoms. The molecule has 9 nitrogen and oxygen atoms in total. The van der Waals surface area contributed by atoms with Crippen LogP contribution in [-0.4, -0.2) is 35.3 Å². The van der Waals surface area contributed by atoms with Crippen molar-refractivity contribution in [2.24, 2.45) is 0 Å². The number of ether oxygens (including phenoxy) is 3. The summed E-state index contributed by atoms with van der Waals surface area (Å²) in [5.41, 5.74) is 0.527. The van der Waals surface area contributed by atoms with Gasteiger partial charge in [-0.05, 0) is 12.1 Å². The fourth-order valence-electron chi connectivity index (χ4n) is 1.68. The fourth-order valence-corrected chi connectivity index (χ4v) is 2.24. The Balaban J connectivity index is 1.63. The Bertz CT molecular complexity index is 732. The molecule has 0 unspecified atom stereocenters. The third-order valence-corrected chi connectivity index (χ3v) is 3.28. The number of benzene rings is 1. The van der Waals surface area contributed by atoms with E-state index in [1.54, 1.807) is 18.2 Å². The molecule has 0 saturated carbocycles. The smallest absolute Gasteiger partial charge is 0.377 e. The molecular weight excluding hydrogens is 312 g/mol. The Kier molecular flexibility index (Phi) is 3.74. The Labute approximate surface area is 128 Å². The highest BCUT2D eigenvalue weighted by molar-refractivity contribution is 7.10. The van der Waals surface area contributed by atoms with Crippen molar-refractivity contribution in [2.45, 2.75) is 0 Å².